The number of benzene rings is 1. The second-order valence-corrected chi connectivity index (χ2v) is 7.43. The van der Waals surface area contributed by atoms with Crippen LogP contribution in [0.1, 0.15) is 52.7 Å². The van der Waals surface area contributed by atoms with Gasteiger partial charge in [-0.1, -0.05) is 50.6 Å². The topological polar surface area (TPSA) is 58.2 Å². The molecule has 0 heterocycles. The summed E-state index contributed by atoms with van der Waals surface area (Å²) in [6.45, 7) is 13.1. The van der Waals surface area contributed by atoms with Crippen LogP contribution in [0, 0.1) is 12.3 Å². The normalized spacial score (nSPS) is 13.4. The average molecular weight is 304 g/mol. The van der Waals surface area contributed by atoms with Gasteiger partial charge in [-0.05, 0) is 33.3 Å². The van der Waals surface area contributed by atoms with Crippen molar-refractivity contribution in [2.75, 3.05) is 0 Å². The first-order chi connectivity index (χ1) is 9.93. The maximum atomic E-state index is 12.4. The van der Waals surface area contributed by atoms with E-state index >= 15 is 0 Å². The zero-order valence-electron chi connectivity index (χ0n) is 14.7. The van der Waals surface area contributed by atoms with E-state index in [0.717, 1.165) is 11.1 Å². The highest BCUT2D eigenvalue weighted by Gasteiger charge is 2.28. The molecule has 0 aliphatic rings. The molecule has 4 nitrogen and oxygen atoms in total. The van der Waals surface area contributed by atoms with Gasteiger partial charge in [0.15, 0.2) is 0 Å². The molecule has 0 bridgehead atoms. The van der Waals surface area contributed by atoms with Gasteiger partial charge in [0.2, 0.25) is 11.8 Å². The molecule has 0 aromatic heterocycles. The Labute approximate surface area is 133 Å². The smallest absolute Gasteiger partial charge is 0.242 e. The van der Waals surface area contributed by atoms with Crippen LogP contribution in [-0.2, 0) is 15.1 Å². The molecule has 1 atom stereocenters. The zero-order valence-corrected chi connectivity index (χ0v) is 14.7. The van der Waals surface area contributed by atoms with Crippen molar-refractivity contribution in [1.29, 1.82) is 0 Å². The minimum atomic E-state index is -0.573. The Morgan fingerprint density at radius 2 is 1.68 bits per heavy atom. The molecule has 1 aromatic carbocycles. The van der Waals surface area contributed by atoms with E-state index in [1.807, 2.05) is 59.7 Å². The molecule has 122 valence electrons. The van der Waals surface area contributed by atoms with Gasteiger partial charge in [0, 0.05) is 5.41 Å². The van der Waals surface area contributed by atoms with Crippen LogP contribution in [0.3, 0.4) is 0 Å². The molecule has 0 aliphatic heterocycles. The third-order valence-electron chi connectivity index (χ3n) is 3.60. The number of rotatable bonds is 4. The van der Waals surface area contributed by atoms with Gasteiger partial charge in [-0.3, -0.25) is 9.59 Å². The number of amides is 2. The molecule has 0 aliphatic carbocycles. The number of hydrogen-bond donors (Lipinski definition) is 2. The van der Waals surface area contributed by atoms with E-state index in [9.17, 15) is 9.59 Å². The molecule has 0 fully saturated rings. The molecule has 4 heteroatoms. The van der Waals surface area contributed by atoms with Crippen LogP contribution in [0.2, 0.25) is 0 Å². The first-order valence-corrected chi connectivity index (χ1v) is 7.63. The van der Waals surface area contributed by atoms with E-state index in [4.69, 9.17) is 0 Å². The second kappa shape index (κ2) is 6.51. The van der Waals surface area contributed by atoms with Gasteiger partial charge in [0.1, 0.15) is 6.04 Å². The standard InChI is InChI=1S/C18H28N2O2/c1-12-9-8-10-14(11-12)18(6,7)20-15(21)13(2)19-16(22)17(3,4)5/h8-11,13H,1-7H3,(H,19,22)(H,20,21). The number of aryl methyl sites for hydroxylation is 1. The SMILES string of the molecule is Cc1cccc(C(C)(C)NC(=O)C(C)NC(=O)C(C)(C)C)c1. The predicted molar refractivity (Wildman–Crippen MR) is 89.4 cm³/mol. The van der Waals surface area contributed by atoms with Gasteiger partial charge < -0.3 is 10.6 Å². The molecule has 1 aromatic rings. The highest BCUT2D eigenvalue weighted by Crippen LogP contribution is 2.21. The maximum absolute atomic E-state index is 12.4. The highest BCUT2D eigenvalue weighted by molar-refractivity contribution is 5.89. The van der Waals surface area contributed by atoms with Crippen LogP contribution in [0.15, 0.2) is 24.3 Å². The third-order valence-corrected chi connectivity index (χ3v) is 3.60. The number of carbonyl (C=O) groups is 2. The molecule has 0 saturated heterocycles. The minimum Gasteiger partial charge on any atom is -0.345 e. The molecule has 0 saturated carbocycles. The Morgan fingerprint density at radius 3 is 2.18 bits per heavy atom. The Bertz CT molecular complexity index is 556. The fourth-order valence-electron chi connectivity index (χ4n) is 2.00. The van der Waals surface area contributed by atoms with Crippen molar-refractivity contribution in [1.82, 2.24) is 10.6 Å². The fraction of sp³-hybridized carbons (Fsp3) is 0.556. The van der Waals surface area contributed by atoms with Crippen molar-refractivity contribution in [3.63, 3.8) is 0 Å². The molecule has 2 amide bonds. The zero-order chi connectivity index (χ0) is 17.1. The molecule has 1 rings (SSSR count). The van der Waals surface area contributed by atoms with Crippen LogP contribution < -0.4 is 10.6 Å². The van der Waals surface area contributed by atoms with Crippen molar-refractivity contribution < 1.29 is 9.59 Å². The average Bonchev–Trinajstić information content (AvgIpc) is 2.36. The van der Waals surface area contributed by atoms with Crippen LogP contribution in [0.25, 0.3) is 0 Å². The van der Waals surface area contributed by atoms with Crippen LogP contribution in [0.5, 0.6) is 0 Å². The summed E-state index contributed by atoms with van der Waals surface area (Å²) in [6.07, 6.45) is 0. The summed E-state index contributed by atoms with van der Waals surface area (Å²) in [5, 5.41) is 5.76. The van der Waals surface area contributed by atoms with E-state index in [1.54, 1.807) is 6.92 Å². The summed E-state index contributed by atoms with van der Waals surface area (Å²) in [7, 11) is 0. The Morgan fingerprint density at radius 1 is 1.09 bits per heavy atom. The van der Waals surface area contributed by atoms with Crippen molar-refractivity contribution in [2.45, 2.75) is 60.0 Å². The third kappa shape index (κ3) is 4.86. The van der Waals surface area contributed by atoms with Crippen molar-refractivity contribution >= 4 is 11.8 Å². The molecule has 22 heavy (non-hydrogen) atoms. The quantitative estimate of drug-likeness (QED) is 0.898. The van der Waals surface area contributed by atoms with Crippen molar-refractivity contribution in [2.24, 2.45) is 5.41 Å². The fourth-order valence-corrected chi connectivity index (χ4v) is 2.00. The number of nitrogens with one attached hydrogen (secondary N) is 2. The molecule has 0 spiro atoms. The number of hydrogen-bond acceptors (Lipinski definition) is 2. The lowest BCUT2D eigenvalue weighted by molar-refractivity contribution is -0.133. The van der Waals surface area contributed by atoms with Crippen molar-refractivity contribution in [3.8, 4) is 0 Å². The molecular weight excluding hydrogens is 276 g/mol. The summed E-state index contributed by atoms with van der Waals surface area (Å²) < 4.78 is 0. The van der Waals surface area contributed by atoms with Crippen LogP contribution in [-0.4, -0.2) is 17.9 Å². The van der Waals surface area contributed by atoms with Gasteiger partial charge in [-0.25, -0.2) is 0 Å². The summed E-state index contributed by atoms with van der Waals surface area (Å²) in [5.41, 5.74) is 1.17. The molecule has 0 radical (unpaired) electrons. The molecule has 1 unspecified atom stereocenters. The highest BCUT2D eigenvalue weighted by atomic mass is 16.2. The van der Waals surface area contributed by atoms with Gasteiger partial charge >= 0.3 is 0 Å². The van der Waals surface area contributed by atoms with Crippen molar-refractivity contribution in [3.05, 3.63) is 35.4 Å². The summed E-state index contributed by atoms with van der Waals surface area (Å²) in [6, 6.07) is 7.47. The van der Waals surface area contributed by atoms with E-state index in [0.29, 0.717) is 0 Å². The Balaban J connectivity index is 2.76. The first-order valence-electron chi connectivity index (χ1n) is 7.63. The Kier molecular flexibility index (Phi) is 5.39. The Hall–Kier alpha value is -1.84. The summed E-state index contributed by atoms with van der Waals surface area (Å²) in [4.78, 5) is 24.3. The second-order valence-electron chi connectivity index (χ2n) is 7.43. The van der Waals surface area contributed by atoms with Crippen LogP contribution in [0.4, 0.5) is 0 Å². The van der Waals surface area contributed by atoms with E-state index in [1.165, 1.54) is 0 Å². The van der Waals surface area contributed by atoms with Gasteiger partial charge in [0.05, 0.1) is 5.54 Å². The van der Waals surface area contributed by atoms with E-state index < -0.39 is 17.0 Å². The van der Waals surface area contributed by atoms with Gasteiger partial charge in [0.25, 0.3) is 0 Å². The minimum absolute atomic E-state index is 0.136. The predicted octanol–water partition coefficient (Wildman–Crippen LogP) is 2.90. The van der Waals surface area contributed by atoms with Crippen LogP contribution >= 0.6 is 0 Å². The summed E-state index contributed by atoms with van der Waals surface area (Å²) in [5.74, 6) is -0.326. The maximum Gasteiger partial charge on any atom is 0.242 e. The van der Waals surface area contributed by atoms with Gasteiger partial charge in [-0.15, -0.1) is 0 Å². The molecule has 2 N–H and O–H groups in total. The monoisotopic (exact) mass is 304 g/mol. The lowest BCUT2D eigenvalue weighted by Crippen LogP contribution is -2.52. The first kappa shape index (κ1) is 18.2. The van der Waals surface area contributed by atoms with Gasteiger partial charge in [-0.2, -0.15) is 0 Å². The summed E-state index contributed by atoms with van der Waals surface area (Å²) >= 11 is 0. The molecular formula is C18H28N2O2. The van der Waals surface area contributed by atoms with E-state index in [2.05, 4.69) is 16.7 Å². The number of carbonyl (C=O) groups excluding carboxylic acids is 2. The lowest BCUT2D eigenvalue weighted by Gasteiger charge is -2.30. The van der Waals surface area contributed by atoms with E-state index in [-0.39, 0.29) is 11.8 Å². The largest absolute Gasteiger partial charge is 0.345 e. The lowest BCUT2D eigenvalue weighted by atomic mass is 9.92.